The number of thiophene rings is 1. The van der Waals surface area contributed by atoms with Crippen molar-refractivity contribution in [2.24, 2.45) is 5.10 Å². The van der Waals surface area contributed by atoms with E-state index in [-0.39, 0.29) is 5.91 Å². The molecule has 0 atom stereocenters. The highest BCUT2D eigenvalue weighted by molar-refractivity contribution is 7.12. The molecule has 7 heteroatoms. The van der Waals surface area contributed by atoms with Crippen LogP contribution >= 0.6 is 34.5 Å². The molecule has 27 heavy (non-hydrogen) atoms. The van der Waals surface area contributed by atoms with Crippen LogP contribution < -0.4 is 10.2 Å². The molecule has 1 amide bonds. The monoisotopic (exact) mass is 418 g/mol. The zero-order valence-electron chi connectivity index (χ0n) is 14.4. The number of hydrogen-bond acceptors (Lipinski definition) is 4. The maximum atomic E-state index is 12.2. The predicted molar refractivity (Wildman–Crippen MR) is 111 cm³/mol. The summed E-state index contributed by atoms with van der Waals surface area (Å²) >= 11 is 13.6. The van der Waals surface area contributed by atoms with E-state index in [1.807, 2.05) is 30.5 Å². The summed E-state index contributed by atoms with van der Waals surface area (Å²) in [4.78, 5) is 13.2. The van der Waals surface area contributed by atoms with Crippen LogP contribution in [-0.4, -0.2) is 11.6 Å². The highest BCUT2D eigenvalue weighted by atomic mass is 35.5. The third-order valence-electron chi connectivity index (χ3n) is 3.73. The molecule has 0 fully saturated rings. The van der Waals surface area contributed by atoms with Gasteiger partial charge in [-0.25, -0.2) is 5.43 Å². The molecule has 0 radical (unpaired) electrons. The number of nitrogens with zero attached hydrogens (tertiary/aromatic N) is 1. The standard InChI is InChI=1S/C20H16Cl2N2O2S/c1-13(19-3-2-10-27-19)23-24-20(25)14-5-8-17(9-6-14)26-12-15-4-7-16(21)11-18(15)22/h2-11H,12H2,1H3,(H,24,25)/b23-13+. The normalized spacial score (nSPS) is 11.3. The van der Waals surface area contributed by atoms with Gasteiger partial charge in [-0.05, 0) is 54.8 Å². The number of hydrogen-bond donors (Lipinski definition) is 1. The molecule has 0 spiro atoms. The summed E-state index contributed by atoms with van der Waals surface area (Å²) in [5, 5.41) is 7.23. The first-order valence-corrected chi connectivity index (χ1v) is 9.72. The number of nitrogens with one attached hydrogen (secondary N) is 1. The molecule has 0 saturated carbocycles. The Morgan fingerprint density at radius 2 is 1.93 bits per heavy atom. The summed E-state index contributed by atoms with van der Waals surface area (Å²) in [6.45, 7) is 2.16. The number of carbonyl (C=O) groups excluding carboxylic acids is 1. The van der Waals surface area contributed by atoms with Gasteiger partial charge in [0, 0.05) is 26.0 Å². The molecule has 2 aromatic carbocycles. The van der Waals surface area contributed by atoms with E-state index in [1.54, 1.807) is 47.7 Å². The molecule has 0 aliphatic carbocycles. The van der Waals surface area contributed by atoms with Crippen LogP contribution in [0.3, 0.4) is 0 Å². The Bertz CT molecular complexity index is 955. The van der Waals surface area contributed by atoms with Crippen LogP contribution in [0.25, 0.3) is 0 Å². The molecule has 0 aliphatic heterocycles. The van der Waals surface area contributed by atoms with Crippen LogP contribution in [-0.2, 0) is 6.61 Å². The smallest absolute Gasteiger partial charge is 0.271 e. The van der Waals surface area contributed by atoms with Gasteiger partial charge >= 0.3 is 0 Å². The minimum atomic E-state index is -0.279. The van der Waals surface area contributed by atoms with Crippen LogP contribution in [0.1, 0.15) is 27.7 Å². The van der Waals surface area contributed by atoms with Crippen molar-refractivity contribution in [2.75, 3.05) is 0 Å². The molecule has 138 valence electrons. The van der Waals surface area contributed by atoms with E-state index in [1.165, 1.54) is 0 Å². The molecule has 0 unspecified atom stereocenters. The van der Waals surface area contributed by atoms with Crippen LogP contribution in [0.2, 0.25) is 10.0 Å². The number of halogens is 2. The van der Waals surface area contributed by atoms with Gasteiger partial charge in [-0.15, -0.1) is 11.3 Å². The summed E-state index contributed by atoms with van der Waals surface area (Å²) in [6, 6.07) is 16.0. The fourth-order valence-electron chi connectivity index (χ4n) is 2.24. The lowest BCUT2D eigenvalue weighted by atomic mass is 10.2. The second-order valence-electron chi connectivity index (χ2n) is 5.66. The van der Waals surface area contributed by atoms with Crippen LogP contribution in [0, 0.1) is 0 Å². The maximum Gasteiger partial charge on any atom is 0.271 e. The van der Waals surface area contributed by atoms with Gasteiger partial charge in [-0.1, -0.05) is 35.3 Å². The van der Waals surface area contributed by atoms with Gasteiger partial charge in [0.05, 0.1) is 5.71 Å². The Morgan fingerprint density at radius 1 is 1.15 bits per heavy atom. The quantitative estimate of drug-likeness (QED) is 0.406. The zero-order chi connectivity index (χ0) is 19.2. The number of rotatable bonds is 6. The molecule has 4 nitrogen and oxygen atoms in total. The molecule has 0 saturated heterocycles. The Hall–Kier alpha value is -2.34. The van der Waals surface area contributed by atoms with Gasteiger partial charge in [0.25, 0.3) is 5.91 Å². The van der Waals surface area contributed by atoms with Crippen molar-refractivity contribution in [1.29, 1.82) is 0 Å². The zero-order valence-corrected chi connectivity index (χ0v) is 16.7. The van der Waals surface area contributed by atoms with E-state index in [9.17, 15) is 4.79 Å². The molecule has 1 aromatic heterocycles. The van der Waals surface area contributed by atoms with Crippen LogP contribution in [0.15, 0.2) is 65.1 Å². The maximum absolute atomic E-state index is 12.2. The Kier molecular flexibility index (Phi) is 6.50. The second-order valence-corrected chi connectivity index (χ2v) is 7.46. The van der Waals surface area contributed by atoms with Crippen molar-refractivity contribution < 1.29 is 9.53 Å². The van der Waals surface area contributed by atoms with Gasteiger partial charge in [0.2, 0.25) is 0 Å². The lowest BCUT2D eigenvalue weighted by Crippen LogP contribution is -2.19. The lowest BCUT2D eigenvalue weighted by molar-refractivity contribution is 0.0955. The van der Waals surface area contributed by atoms with Crippen molar-refractivity contribution in [3.05, 3.63) is 86.0 Å². The number of ether oxygens (including phenoxy) is 1. The largest absolute Gasteiger partial charge is 0.489 e. The summed E-state index contributed by atoms with van der Waals surface area (Å²) in [5.74, 6) is 0.356. The van der Waals surface area contributed by atoms with Crippen LogP contribution in [0.4, 0.5) is 0 Å². The Morgan fingerprint density at radius 3 is 2.59 bits per heavy atom. The molecule has 3 aromatic rings. The fourth-order valence-corrected chi connectivity index (χ4v) is 3.38. The molecule has 1 heterocycles. The van der Waals surface area contributed by atoms with Crippen molar-refractivity contribution >= 4 is 46.2 Å². The lowest BCUT2D eigenvalue weighted by Gasteiger charge is -2.09. The molecular weight excluding hydrogens is 403 g/mol. The minimum absolute atomic E-state index is 0.279. The summed E-state index contributed by atoms with van der Waals surface area (Å²) in [5.41, 5.74) is 4.65. The minimum Gasteiger partial charge on any atom is -0.489 e. The topological polar surface area (TPSA) is 50.7 Å². The molecule has 1 N–H and O–H groups in total. The first kappa shape index (κ1) is 19.4. The summed E-state index contributed by atoms with van der Waals surface area (Å²) in [7, 11) is 0. The molecule has 0 aliphatic rings. The number of amides is 1. The van der Waals surface area contributed by atoms with Gasteiger partial charge in [-0.2, -0.15) is 5.10 Å². The van der Waals surface area contributed by atoms with E-state index in [0.717, 1.165) is 16.2 Å². The van der Waals surface area contributed by atoms with Gasteiger partial charge in [0.1, 0.15) is 12.4 Å². The first-order valence-electron chi connectivity index (χ1n) is 8.08. The summed E-state index contributed by atoms with van der Waals surface area (Å²) < 4.78 is 5.71. The Labute approximate surface area is 171 Å². The fraction of sp³-hybridized carbons (Fsp3) is 0.100. The van der Waals surface area contributed by atoms with E-state index < -0.39 is 0 Å². The predicted octanol–water partition coefficient (Wildman–Crippen LogP) is 5.79. The number of hydrazone groups is 1. The average Bonchev–Trinajstić information content (AvgIpc) is 3.20. The van der Waals surface area contributed by atoms with E-state index in [2.05, 4.69) is 10.5 Å². The molecule has 3 rings (SSSR count). The second kappa shape index (κ2) is 9.04. The third kappa shape index (κ3) is 5.32. The molecule has 0 bridgehead atoms. The van der Waals surface area contributed by atoms with E-state index in [4.69, 9.17) is 27.9 Å². The van der Waals surface area contributed by atoms with E-state index >= 15 is 0 Å². The van der Waals surface area contributed by atoms with Crippen LogP contribution in [0.5, 0.6) is 5.75 Å². The van der Waals surface area contributed by atoms with Crippen molar-refractivity contribution in [3.63, 3.8) is 0 Å². The van der Waals surface area contributed by atoms with Crippen molar-refractivity contribution in [1.82, 2.24) is 5.43 Å². The average molecular weight is 419 g/mol. The highest BCUT2D eigenvalue weighted by Crippen LogP contribution is 2.23. The van der Waals surface area contributed by atoms with Crippen molar-refractivity contribution in [2.45, 2.75) is 13.5 Å². The number of carbonyl (C=O) groups is 1. The van der Waals surface area contributed by atoms with Gasteiger partial charge in [-0.3, -0.25) is 4.79 Å². The number of benzene rings is 2. The van der Waals surface area contributed by atoms with E-state index in [0.29, 0.717) is 28.0 Å². The van der Waals surface area contributed by atoms with Gasteiger partial charge < -0.3 is 4.74 Å². The SMILES string of the molecule is C/C(=N\NC(=O)c1ccc(OCc2ccc(Cl)cc2Cl)cc1)c1cccs1. The third-order valence-corrected chi connectivity index (χ3v) is 5.29. The highest BCUT2D eigenvalue weighted by Gasteiger charge is 2.07. The molecular formula is C20H16Cl2N2O2S. The Balaban J connectivity index is 1.58. The first-order chi connectivity index (χ1) is 13.0. The summed E-state index contributed by atoms with van der Waals surface area (Å²) in [6.07, 6.45) is 0. The van der Waals surface area contributed by atoms with Gasteiger partial charge in [0.15, 0.2) is 0 Å². The van der Waals surface area contributed by atoms with Crippen molar-refractivity contribution in [3.8, 4) is 5.75 Å².